The van der Waals surface area contributed by atoms with Gasteiger partial charge in [-0.15, -0.1) is 0 Å². The normalized spacial score (nSPS) is 11.5. The quantitative estimate of drug-likeness (QED) is 0.844. The van der Waals surface area contributed by atoms with Gasteiger partial charge in [-0.05, 0) is 23.8 Å². The van der Waals surface area contributed by atoms with E-state index in [1.54, 1.807) is 18.2 Å². The first-order valence-corrected chi connectivity index (χ1v) is 6.73. The number of rotatable bonds is 4. The summed E-state index contributed by atoms with van der Waals surface area (Å²) in [5, 5.41) is 6.05. The molecular formula is C16H16N2O4. The fourth-order valence-corrected chi connectivity index (χ4v) is 2.02. The van der Waals surface area contributed by atoms with Crippen LogP contribution < -0.4 is 15.4 Å². The van der Waals surface area contributed by atoms with Crippen LogP contribution in [0.4, 0.5) is 4.79 Å². The standard InChI is InChI=1S/C16H16N2O4/c1-10(15(20)18-16(21)17-2)22-14-8-7-11-5-3-4-6-12(11)13(14)9-19/h3-10H,1-2H3,(H2,17,18,20,21)/t10-/m1/s1. The summed E-state index contributed by atoms with van der Waals surface area (Å²) < 4.78 is 5.53. The SMILES string of the molecule is CNC(=O)NC(=O)[C@@H](C)Oc1ccc2ccccc2c1C=O. The third kappa shape index (κ3) is 3.22. The Labute approximate surface area is 127 Å². The van der Waals surface area contributed by atoms with E-state index in [-0.39, 0.29) is 0 Å². The smallest absolute Gasteiger partial charge is 0.321 e. The fraction of sp³-hybridized carbons (Fsp3) is 0.188. The lowest BCUT2D eigenvalue weighted by atomic mass is 10.0. The summed E-state index contributed by atoms with van der Waals surface area (Å²) in [6, 6.07) is 10.2. The molecule has 0 unspecified atom stereocenters. The Balaban J connectivity index is 2.26. The second-order valence-corrected chi connectivity index (χ2v) is 4.64. The highest BCUT2D eigenvalue weighted by molar-refractivity contribution is 6.01. The molecule has 6 heteroatoms. The Morgan fingerprint density at radius 2 is 1.91 bits per heavy atom. The van der Waals surface area contributed by atoms with Crippen LogP contribution in [0, 0.1) is 0 Å². The van der Waals surface area contributed by atoms with Crippen LogP contribution in [0.1, 0.15) is 17.3 Å². The number of amides is 3. The molecule has 0 aliphatic heterocycles. The number of carbonyl (C=O) groups excluding carboxylic acids is 3. The van der Waals surface area contributed by atoms with Crippen molar-refractivity contribution in [3.05, 3.63) is 42.0 Å². The minimum absolute atomic E-state index is 0.299. The van der Waals surface area contributed by atoms with E-state index in [4.69, 9.17) is 4.74 Å². The molecule has 0 aliphatic rings. The lowest BCUT2D eigenvalue weighted by Crippen LogP contribution is -2.44. The Morgan fingerprint density at radius 3 is 2.59 bits per heavy atom. The van der Waals surface area contributed by atoms with Crippen LogP contribution in [0.2, 0.25) is 0 Å². The van der Waals surface area contributed by atoms with Gasteiger partial charge in [-0.3, -0.25) is 14.9 Å². The number of aldehydes is 1. The van der Waals surface area contributed by atoms with E-state index in [0.717, 1.165) is 10.8 Å². The van der Waals surface area contributed by atoms with Gasteiger partial charge in [0.1, 0.15) is 5.75 Å². The van der Waals surface area contributed by atoms with Gasteiger partial charge in [-0.2, -0.15) is 0 Å². The van der Waals surface area contributed by atoms with Gasteiger partial charge in [0, 0.05) is 7.05 Å². The zero-order valence-corrected chi connectivity index (χ0v) is 12.3. The number of nitrogens with one attached hydrogen (secondary N) is 2. The Morgan fingerprint density at radius 1 is 1.18 bits per heavy atom. The maximum absolute atomic E-state index is 11.8. The fourth-order valence-electron chi connectivity index (χ4n) is 2.02. The summed E-state index contributed by atoms with van der Waals surface area (Å²) in [6.45, 7) is 1.50. The van der Waals surface area contributed by atoms with Gasteiger partial charge in [0.05, 0.1) is 5.56 Å². The summed E-state index contributed by atoms with van der Waals surface area (Å²) in [5.74, 6) is -0.294. The third-order valence-electron chi connectivity index (χ3n) is 3.19. The Kier molecular flexibility index (Phi) is 4.73. The number of carbonyl (C=O) groups is 3. The largest absolute Gasteiger partial charge is 0.480 e. The van der Waals surface area contributed by atoms with Crippen molar-refractivity contribution in [2.75, 3.05) is 7.05 Å². The van der Waals surface area contributed by atoms with Crippen LogP contribution >= 0.6 is 0 Å². The van der Waals surface area contributed by atoms with Crippen molar-refractivity contribution < 1.29 is 19.1 Å². The number of hydrogen-bond acceptors (Lipinski definition) is 4. The predicted molar refractivity (Wildman–Crippen MR) is 82.0 cm³/mol. The summed E-state index contributed by atoms with van der Waals surface area (Å²) in [5.41, 5.74) is 0.373. The Bertz CT molecular complexity index is 727. The summed E-state index contributed by atoms with van der Waals surface area (Å²) in [6.07, 6.45) is -0.224. The van der Waals surface area contributed by atoms with Gasteiger partial charge in [0.15, 0.2) is 12.4 Å². The zero-order valence-electron chi connectivity index (χ0n) is 12.3. The van der Waals surface area contributed by atoms with E-state index in [2.05, 4.69) is 10.6 Å². The second kappa shape index (κ2) is 6.71. The molecular weight excluding hydrogens is 284 g/mol. The average Bonchev–Trinajstić information content (AvgIpc) is 2.54. The molecule has 2 aromatic rings. The molecule has 3 amide bonds. The van der Waals surface area contributed by atoms with Crippen LogP contribution in [0.25, 0.3) is 10.8 Å². The van der Waals surface area contributed by atoms with E-state index in [1.807, 2.05) is 18.2 Å². The minimum atomic E-state index is -0.919. The van der Waals surface area contributed by atoms with E-state index >= 15 is 0 Å². The number of benzene rings is 2. The van der Waals surface area contributed by atoms with Gasteiger partial charge >= 0.3 is 6.03 Å². The van der Waals surface area contributed by atoms with Crippen LogP contribution in [0.5, 0.6) is 5.75 Å². The van der Waals surface area contributed by atoms with Gasteiger partial charge < -0.3 is 10.1 Å². The van der Waals surface area contributed by atoms with Gasteiger partial charge in [0.25, 0.3) is 5.91 Å². The predicted octanol–water partition coefficient (Wildman–Crippen LogP) is 1.88. The molecule has 2 rings (SSSR count). The molecule has 114 valence electrons. The molecule has 6 nitrogen and oxygen atoms in total. The molecule has 0 fully saturated rings. The van der Waals surface area contributed by atoms with Crippen molar-refractivity contribution in [2.45, 2.75) is 13.0 Å². The van der Waals surface area contributed by atoms with Crippen LogP contribution in [0.3, 0.4) is 0 Å². The first kappa shape index (κ1) is 15.5. The topological polar surface area (TPSA) is 84.5 Å². The number of imide groups is 1. The molecule has 0 saturated carbocycles. The maximum Gasteiger partial charge on any atom is 0.321 e. The monoisotopic (exact) mass is 300 g/mol. The van der Waals surface area contributed by atoms with Crippen molar-refractivity contribution in [1.82, 2.24) is 10.6 Å². The van der Waals surface area contributed by atoms with Gasteiger partial charge in [0.2, 0.25) is 0 Å². The number of fused-ring (bicyclic) bond motifs is 1. The molecule has 0 saturated heterocycles. The highest BCUT2D eigenvalue weighted by Gasteiger charge is 2.19. The molecule has 1 atom stereocenters. The number of urea groups is 1. The Hall–Kier alpha value is -2.89. The number of hydrogen-bond donors (Lipinski definition) is 2. The van der Waals surface area contributed by atoms with Crippen LogP contribution in [0.15, 0.2) is 36.4 Å². The van der Waals surface area contributed by atoms with Crippen LogP contribution in [-0.2, 0) is 4.79 Å². The van der Waals surface area contributed by atoms with Gasteiger partial charge in [-0.1, -0.05) is 30.3 Å². The molecule has 22 heavy (non-hydrogen) atoms. The molecule has 0 radical (unpaired) electrons. The van der Waals surface area contributed by atoms with Crippen molar-refractivity contribution >= 4 is 29.0 Å². The first-order valence-electron chi connectivity index (χ1n) is 6.73. The molecule has 0 aliphatic carbocycles. The molecule has 0 heterocycles. The van der Waals surface area contributed by atoms with Crippen molar-refractivity contribution in [3.63, 3.8) is 0 Å². The highest BCUT2D eigenvalue weighted by Crippen LogP contribution is 2.27. The molecule has 2 aromatic carbocycles. The first-order chi connectivity index (χ1) is 10.6. The maximum atomic E-state index is 11.8. The third-order valence-corrected chi connectivity index (χ3v) is 3.19. The second-order valence-electron chi connectivity index (χ2n) is 4.64. The number of ether oxygens (including phenoxy) is 1. The van der Waals surface area contributed by atoms with E-state index < -0.39 is 18.0 Å². The van der Waals surface area contributed by atoms with Gasteiger partial charge in [-0.25, -0.2) is 4.79 Å². The van der Waals surface area contributed by atoms with E-state index in [9.17, 15) is 14.4 Å². The van der Waals surface area contributed by atoms with Crippen molar-refractivity contribution in [3.8, 4) is 5.75 Å². The van der Waals surface area contributed by atoms with Crippen LogP contribution in [-0.4, -0.2) is 31.4 Å². The lowest BCUT2D eigenvalue weighted by molar-refractivity contribution is -0.126. The average molecular weight is 300 g/mol. The van der Waals surface area contributed by atoms with E-state index in [1.165, 1.54) is 14.0 Å². The highest BCUT2D eigenvalue weighted by atomic mass is 16.5. The molecule has 0 spiro atoms. The van der Waals surface area contributed by atoms with E-state index in [0.29, 0.717) is 17.6 Å². The minimum Gasteiger partial charge on any atom is -0.480 e. The summed E-state index contributed by atoms with van der Waals surface area (Å²) in [7, 11) is 1.40. The molecule has 2 N–H and O–H groups in total. The summed E-state index contributed by atoms with van der Waals surface area (Å²) >= 11 is 0. The molecule has 0 bridgehead atoms. The zero-order chi connectivity index (χ0) is 16.1. The lowest BCUT2D eigenvalue weighted by Gasteiger charge is -2.16. The summed E-state index contributed by atoms with van der Waals surface area (Å²) in [4.78, 5) is 34.3. The molecule has 0 aromatic heterocycles. The van der Waals surface area contributed by atoms with Crippen molar-refractivity contribution in [2.24, 2.45) is 0 Å². The van der Waals surface area contributed by atoms with Crippen molar-refractivity contribution in [1.29, 1.82) is 0 Å².